The Hall–Kier alpha value is -2.07. The van der Waals surface area contributed by atoms with Crippen molar-refractivity contribution in [3.05, 3.63) is 46.6 Å². The predicted octanol–water partition coefficient (Wildman–Crippen LogP) is 5.07. The molecule has 0 radical (unpaired) electrons. The topological polar surface area (TPSA) is 55.8 Å². The molecule has 1 aromatic carbocycles. The van der Waals surface area contributed by atoms with Crippen molar-refractivity contribution in [3.8, 4) is 11.5 Å². The maximum atomic E-state index is 12.1. The largest absolute Gasteiger partial charge is 0.454 e. The van der Waals surface area contributed by atoms with Crippen LogP contribution in [-0.2, 0) is 4.79 Å². The molecular weight excluding hydrogens is 376 g/mol. The number of carbonyl (C=O) groups excluding carboxylic acids is 1. The van der Waals surface area contributed by atoms with Crippen molar-refractivity contribution in [2.75, 3.05) is 6.79 Å². The molecule has 0 amide bonds. The Kier molecular flexibility index (Phi) is 3.88. The zero-order chi connectivity index (χ0) is 20.7. The number of ether oxygens (including phenoxy) is 2. The van der Waals surface area contributed by atoms with Crippen LogP contribution in [0, 0.1) is 17.3 Å². The number of ketones is 1. The first-order valence-corrected chi connectivity index (χ1v) is 11.5. The summed E-state index contributed by atoms with van der Waals surface area (Å²) in [5.74, 6) is 2.76. The third-order valence-corrected chi connectivity index (χ3v) is 8.86. The summed E-state index contributed by atoms with van der Waals surface area (Å²) in [5, 5.41) is 12.1. The number of allylic oxidation sites excluding steroid dienone is 4. The highest BCUT2D eigenvalue weighted by Gasteiger charge is 2.61. The maximum Gasteiger partial charge on any atom is 0.231 e. The molecule has 0 spiro atoms. The molecule has 5 aliphatic rings. The first-order valence-electron chi connectivity index (χ1n) is 11.5. The number of aliphatic hydroxyl groups is 1. The van der Waals surface area contributed by atoms with Crippen LogP contribution in [0.3, 0.4) is 0 Å². The number of carbonyl (C=O) groups is 1. The van der Waals surface area contributed by atoms with Gasteiger partial charge in [-0.15, -0.1) is 0 Å². The minimum absolute atomic E-state index is 0.0822. The average Bonchev–Trinajstić information content (AvgIpc) is 3.28. The molecule has 2 fully saturated rings. The fourth-order valence-electron chi connectivity index (χ4n) is 7.18. The normalized spacial score (nSPS) is 36.2. The van der Waals surface area contributed by atoms with E-state index in [4.69, 9.17) is 9.47 Å². The monoisotopic (exact) mass is 406 g/mol. The zero-order valence-electron chi connectivity index (χ0n) is 17.9. The fraction of sp³-hybridized carbons (Fsp3) is 0.577. The van der Waals surface area contributed by atoms with Crippen LogP contribution in [0.25, 0.3) is 0 Å². The van der Waals surface area contributed by atoms with Crippen molar-refractivity contribution >= 4 is 5.78 Å². The second kappa shape index (κ2) is 6.23. The number of hydrogen-bond acceptors (Lipinski definition) is 4. The first kappa shape index (κ1) is 18.7. The summed E-state index contributed by atoms with van der Waals surface area (Å²) in [6.07, 6.45) is 8.30. The van der Waals surface area contributed by atoms with Crippen molar-refractivity contribution in [1.29, 1.82) is 0 Å². The third-order valence-electron chi connectivity index (χ3n) is 8.86. The van der Waals surface area contributed by atoms with Crippen molar-refractivity contribution in [3.63, 3.8) is 0 Å². The summed E-state index contributed by atoms with van der Waals surface area (Å²) in [7, 11) is 0. The molecule has 2 saturated carbocycles. The smallest absolute Gasteiger partial charge is 0.231 e. The van der Waals surface area contributed by atoms with E-state index in [1.165, 1.54) is 22.3 Å². The Balaban J connectivity index is 1.53. The summed E-state index contributed by atoms with van der Waals surface area (Å²) >= 11 is 0. The maximum absolute atomic E-state index is 12.1. The SMILES string of the molecule is CC1(C)CCC2C3CCC4=CC(=O)CCC4=C3C(c3ccc4c(c3)OCO4)C[C@@]21O. The molecule has 30 heavy (non-hydrogen) atoms. The molecule has 1 aromatic rings. The van der Waals surface area contributed by atoms with E-state index in [9.17, 15) is 9.90 Å². The number of hydrogen-bond donors (Lipinski definition) is 1. The van der Waals surface area contributed by atoms with Gasteiger partial charge in [-0.05, 0) is 90.7 Å². The predicted molar refractivity (Wildman–Crippen MR) is 113 cm³/mol. The molecule has 4 heteroatoms. The van der Waals surface area contributed by atoms with Crippen LogP contribution in [0.4, 0.5) is 0 Å². The van der Waals surface area contributed by atoms with Gasteiger partial charge in [0.15, 0.2) is 17.3 Å². The summed E-state index contributed by atoms with van der Waals surface area (Å²) in [6, 6.07) is 6.29. The quantitative estimate of drug-likeness (QED) is 0.708. The van der Waals surface area contributed by atoms with E-state index in [0.29, 0.717) is 18.3 Å². The lowest BCUT2D eigenvalue weighted by atomic mass is 9.54. The molecule has 0 saturated heterocycles. The molecule has 0 aromatic heterocycles. The molecule has 158 valence electrons. The second-order valence-electron chi connectivity index (χ2n) is 10.5. The molecular formula is C26H30O4. The van der Waals surface area contributed by atoms with Crippen LogP contribution in [0.5, 0.6) is 11.5 Å². The van der Waals surface area contributed by atoms with E-state index >= 15 is 0 Å². The van der Waals surface area contributed by atoms with Crippen molar-refractivity contribution < 1.29 is 19.4 Å². The van der Waals surface area contributed by atoms with E-state index in [0.717, 1.165) is 50.0 Å². The lowest BCUT2D eigenvalue weighted by Crippen LogP contribution is -2.53. The van der Waals surface area contributed by atoms with Crippen LogP contribution in [0.1, 0.15) is 70.3 Å². The number of rotatable bonds is 1. The molecule has 4 nitrogen and oxygen atoms in total. The Labute approximate surface area is 178 Å². The van der Waals surface area contributed by atoms with Gasteiger partial charge >= 0.3 is 0 Å². The van der Waals surface area contributed by atoms with Gasteiger partial charge in [0.2, 0.25) is 6.79 Å². The highest BCUT2D eigenvalue weighted by atomic mass is 16.7. The number of benzene rings is 1. The molecule has 4 atom stereocenters. The van der Waals surface area contributed by atoms with Crippen LogP contribution < -0.4 is 9.47 Å². The van der Waals surface area contributed by atoms with Gasteiger partial charge in [-0.2, -0.15) is 0 Å². The lowest BCUT2D eigenvalue weighted by molar-refractivity contribution is -0.115. The molecule has 1 N–H and O–H groups in total. The van der Waals surface area contributed by atoms with Crippen LogP contribution in [0.2, 0.25) is 0 Å². The zero-order valence-corrected chi connectivity index (χ0v) is 17.9. The minimum atomic E-state index is -0.658. The van der Waals surface area contributed by atoms with Crippen LogP contribution in [-0.4, -0.2) is 23.3 Å². The molecule has 1 aliphatic heterocycles. The Morgan fingerprint density at radius 2 is 1.90 bits per heavy atom. The summed E-state index contributed by atoms with van der Waals surface area (Å²) in [5.41, 5.74) is 4.65. The van der Waals surface area contributed by atoms with E-state index in [-0.39, 0.29) is 23.9 Å². The lowest BCUT2D eigenvalue weighted by Gasteiger charge is -2.53. The molecule has 6 rings (SSSR count). The number of fused-ring (bicyclic) bond motifs is 5. The standard InChI is InChI=1S/C26H30O4/c1-25(2)10-9-21-19-6-3-15-11-17(27)5-7-18(15)24(19)20(13-26(21,25)28)16-4-8-22-23(12-16)30-14-29-22/h4,8,11-12,19-21,28H,3,5-7,9-10,13-14H2,1-2H3/t19?,20?,21?,26-/m1/s1. The molecule has 0 bridgehead atoms. The van der Waals surface area contributed by atoms with Gasteiger partial charge in [-0.25, -0.2) is 0 Å². The third kappa shape index (κ3) is 2.46. The summed E-state index contributed by atoms with van der Waals surface area (Å²) in [6.45, 7) is 4.76. The second-order valence-corrected chi connectivity index (χ2v) is 10.5. The van der Waals surface area contributed by atoms with Crippen molar-refractivity contribution in [1.82, 2.24) is 0 Å². The Morgan fingerprint density at radius 1 is 1.07 bits per heavy atom. The van der Waals surface area contributed by atoms with Crippen LogP contribution >= 0.6 is 0 Å². The van der Waals surface area contributed by atoms with Gasteiger partial charge in [0.05, 0.1) is 5.60 Å². The van der Waals surface area contributed by atoms with E-state index < -0.39 is 5.60 Å². The Morgan fingerprint density at radius 3 is 2.77 bits per heavy atom. The first-order chi connectivity index (χ1) is 14.4. The van der Waals surface area contributed by atoms with Gasteiger partial charge in [0, 0.05) is 12.3 Å². The highest BCUT2D eigenvalue weighted by molar-refractivity contribution is 5.93. The average molecular weight is 407 g/mol. The van der Waals surface area contributed by atoms with Gasteiger partial charge in [0.25, 0.3) is 0 Å². The minimum Gasteiger partial charge on any atom is -0.454 e. The van der Waals surface area contributed by atoms with Gasteiger partial charge in [0.1, 0.15) is 0 Å². The van der Waals surface area contributed by atoms with Crippen molar-refractivity contribution in [2.45, 2.75) is 70.3 Å². The van der Waals surface area contributed by atoms with Gasteiger partial charge < -0.3 is 14.6 Å². The summed E-state index contributed by atoms with van der Waals surface area (Å²) < 4.78 is 11.2. The van der Waals surface area contributed by atoms with E-state index in [2.05, 4.69) is 26.0 Å². The summed E-state index contributed by atoms with van der Waals surface area (Å²) in [4.78, 5) is 12.1. The molecule has 1 heterocycles. The Bertz CT molecular complexity index is 1000. The van der Waals surface area contributed by atoms with E-state index in [1.54, 1.807) is 0 Å². The van der Waals surface area contributed by atoms with Gasteiger partial charge in [-0.3, -0.25) is 4.79 Å². The van der Waals surface area contributed by atoms with E-state index in [1.807, 2.05) is 12.1 Å². The molecule has 4 aliphatic carbocycles. The van der Waals surface area contributed by atoms with Crippen molar-refractivity contribution in [2.24, 2.45) is 17.3 Å². The molecule has 3 unspecified atom stereocenters. The fourth-order valence-corrected chi connectivity index (χ4v) is 7.18. The van der Waals surface area contributed by atoms with Crippen LogP contribution in [0.15, 0.2) is 41.0 Å². The van der Waals surface area contributed by atoms with Gasteiger partial charge in [-0.1, -0.05) is 25.5 Å². The highest BCUT2D eigenvalue weighted by Crippen LogP contribution is 2.65.